The van der Waals surface area contributed by atoms with Crippen LogP contribution in [0.1, 0.15) is 20.3 Å². The Kier molecular flexibility index (Phi) is 4.30. The molecule has 2 nitrogen and oxygen atoms in total. The van der Waals surface area contributed by atoms with E-state index in [-0.39, 0.29) is 0 Å². The smallest absolute Gasteiger partial charge is 0.160 e. The monoisotopic (exact) mass is 194 g/mol. The fraction of sp³-hybridized carbons (Fsp3) is 0.500. The van der Waals surface area contributed by atoms with Crippen molar-refractivity contribution in [3.8, 4) is 0 Å². The lowest BCUT2D eigenvalue weighted by Crippen LogP contribution is -2.11. The summed E-state index contributed by atoms with van der Waals surface area (Å²) in [5, 5.41) is 0. The largest absolute Gasteiger partial charge is 0.490 e. The Bertz CT molecular complexity index is 251. The first-order valence-corrected chi connectivity index (χ1v) is 5.08. The van der Waals surface area contributed by atoms with E-state index in [1.54, 1.807) is 6.08 Å². The van der Waals surface area contributed by atoms with Gasteiger partial charge in [-0.05, 0) is 31.4 Å². The third-order valence-corrected chi connectivity index (χ3v) is 2.08. The normalized spacial score (nSPS) is 22.3. The molecule has 14 heavy (non-hydrogen) atoms. The van der Waals surface area contributed by atoms with Crippen LogP contribution >= 0.6 is 0 Å². The zero-order valence-electron chi connectivity index (χ0n) is 8.95. The highest BCUT2D eigenvalue weighted by atomic mass is 16.5. The molecule has 0 aliphatic carbocycles. The molecule has 2 heteroatoms. The summed E-state index contributed by atoms with van der Waals surface area (Å²) in [5.41, 5.74) is 0. The second-order valence-electron chi connectivity index (χ2n) is 3.34. The zero-order valence-corrected chi connectivity index (χ0v) is 8.95. The molecule has 0 saturated heterocycles. The van der Waals surface area contributed by atoms with E-state index >= 15 is 0 Å². The highest BCUT2D eigenvalue weighted by Gasteiger charge is 2.14. The number of allylic oxidation sites excluding steroid dienone is 3. The summed E-state index contributed by atoms with van der Waals surface area (Å²) in [7, 11) is 0. The van der Waals surface area contributed by atoms with E-state index in [2.05, 4.69) is 19.6 Å². The predicted molar refractivity (Wildman–Crippen MR) is 57.7 cm³/mol. The molecular weight excluding hydrogens is 176 g/mol. The van der Waals surface area contributed by atoms with Crippen LogP contribution in [0, 0.1) is 5.92 Å². The van der Waals surface area contributed by atoms with E-state index in [0.717, 1.165) is 24.5 Å². The summed E-state index contributed by atoms with van der Waals surface area (Å²) in [6.45, 7) is 9.22. The first-order chi connectivity index (χ1) is 6.77. The molecule has 0 radical (unpaired) electrons. The Labute approximate surface area is 85.9 Å². The summed E-state index contributed by atoms with van der Waals surface area (Å²) < 4.78 is 11.0. The zero-order chi connectivity index (χ0) is 10.4. The second-order valence-corrected chi connectivity index (χ2v) is 3.34. The van der Waals surface area contributed by atoms with E-state index < -0.39 is 0 Å². The van der Waals surface area contributed by atoms with Gasteiger partial charge in [0.15, 0.2) is 11.5 Å². The molecule has 1 aliphatic rings. The maximum absolute atomic E-state index is 5.54. The van der Waals surface area contributed by atoms with Gasteiger partial charge in [0.25, 0.3) is 0 Å². The van der Waals surface area contributed by atoms with Crippen molar-refractivity contribution in [2.24, 2.45) is 5.92 Å². The van der Waals surface area contributed by atoms with E-state index in [0.29, 0.717) is 12.5 Å². The van der Waals surface area contributed by atoms with Crippen LogP contribution in [0.2, 0.25) is 0 Å². The van der Waals surface area contributed by atoms with Crippen molar-refractivity contribution < 1.29 is 9.47 Å². The molecule has 0 amide bonds. The molecule has 0 fully saturated rings. The van der Waals surface area contributed by atoms with Crippen LogP contribution in [-0.2, 0) is 9.47 Å². The van der Waals surface area contributed by atoms with Crippen molar-refractivity contribution in [1.82, 2.24) is 0 Å². The first-order valence-electron chi connectivity index (χ1n) is 5.08. The van der Waals surface area contributed by atoms with Gasteiger partial charge in [-0.3, -0.25) is 0 Å². The van der Waals surface area contributed by atoms with Crippen molar-refractivity contribution in [2.75, 3.05) is 13.2 Å². The lowest BCUT2D eigenvalue weighted by atomic mass is 10.1. The highest BCUT2D eigenvalue weighted by molar-refractivity contribution is 5.25. The fourth-order valence-electron chi connectivity index (χ4n) is 1.36. The van der Waals surface area contributed by atoms with Crippen LogP contribution in [0.25, 0.3) is 0 Å². The highest BCUT2D eigenvalue weighted by Crippen LogP contribution is 2.22. The minimum Gasteiger partial charge on any atom is -0.490 e. The molecule has 0 bridgehead atoms. The van der Waals surface area contributed by atoms with Crippen LogP contribution < -0.4 is 0 Å². The molecule has 0 aromatic rings. The van der Waals surface area contributed by atoms with Crippen molar-refractivity contribution in [3.05, 3.63) is 36.3 Å². The molecule has 0 aromatic heterocycles. The third kappa shape index (κ3) is 2.95. The second kappa shape index (κ2) is 5.53. The van der Waals surface area contributed by atoms with Gasteiger partial charge in [0, 0.05) is 0 Å². The van der Waals surface area contributed by atoms with Crippen LogP contribution in [0.3, 0.4) is 0 Å². The first kappa shape index (κ1) is 10.9. The number of ether oxygens (including phenoxy) is 2. The van der Waals surface area contributed by atoms with E-state index in [9.17, 15) is 0 Å². The van der Waals surface area contributed by atoms with Crippen molar-refractivity contribution in [2.45, 2.75) is 20.3 Å². The third-order valence-electron chi connectivity index (χ3n) is 2.08. The lowest BCUT2D eigenvalue weighted by molar-refractivity contribution is 0.137. The predicted octanol–water partition coefficient (Wildman–Crippen LogP) is 3.03. The minimum atomic E-state index is 0.562. The topological polar surface area (TPSA) is 18.5 Å². The van der Waals surface area contributed by atoms with E-state index in [4.69, 9.17) is 9.47 Å². The molecule has 1 heterocycles. The molecule has 1 atom stereocenters. The van der Waals surface area contributed by atoms with Crippen LogP contribution in [0.5, 0.6) is 0 Å². The van der Waals surface area contributed by atoms with Crippen LogP contribution in [0.4, 0.5) is 0 Å². The summed E-state index contributed by atoms with van der Waals surface area (Å²) in [4.78, 5) is 0. The maximum atomic E-state index is 5.54. The van der Waals surface area contributed by atoms with Crippen molar-refractivity contribution in [1.29, 1.82) is 0 Å². The van der Waals surface area contributed by atoms with Gasteiger partial charge in [0.1, 0.15) is 0 Å². The summed E-state index contributed by atoms with van der Waals surface area (Å²) in [6, 6.07) is 0. The van der Waals surface area contributed by atoms with Crippen LogP contribution in [0.15, 0.2) is 36.3 Å². The quantitative estimate of drug-likeness (QED) is 0.506. The number of rotatable bonds is 4. The number of hydrogen-bond acceptors (Lipinski definition) is 2. The van der Waals surface area contributed by atoms with Crippen LogP contribution in [-0.4, -0.2) is 13.2 Å². The number of hydrogen-bond donors (Lipinski definition) is 0. The molecular formula is C12H18O2. The Morgan fingerprint density at radius 3 is 3.14 bits per heavy atom. The van der Waals surface area contributed by atoms with Gasteiger partial charge in [-0.25, -0.2) is 0 Å². The SMILES string of the molecule is C=CC=C(OCC)C1=CC(C)CCO1. The molecule has 78 valence electrons. The molecule has 0 spiro atoms. The van der Waals surface area contributed by atoms with Crippen molar-refractivity contribution >= 4 is 0 Å². The van der Waals surface area contributed by atoms with Gasteiger partial charge in [0.05, 0.1) is 13.2 Å². The average molecular weight is 194 g/mol. The lowest BCUT2D eigenvalue weighted by Gasteiger charge is -2.20. The molecule has 0 saturated carbocycles. The molecule has 1 rings (SSSR count). The van der Waals surface area contributed by atoms with Gasteiger partial charge in [-0.1, -0.05) is 19.6 Å². The Morgan fingerprint density at radius 1 is 1.79 bits per heavy atom. The Balaban J connectivity index is 2.76. The van der Waals surface area contributed by atoms with Gasteiger partial charge in [-0.15, -0.1) is 0 Å². The minimum absolute atomic E-state index is 0.562. The molecule has 1 unspecified atom stereocenters. The van der Waals surface area contributed by atoms with Gasteiger partial charge >= 0.3 is 0 Å². The average Bonchev–Trinajstić information content (AvgIpc) is 2.17. The summed E-state index contributed by atoms with van der Waals surface area (Å²) in [5.74, 6) is 2.20. The maximum Gasteiger partial charge on any atom is 0.160 e. The molecule has 0 N–H and O–H groups in total. The van der Waals surface area contributed by atoms with E-state index in [1.165, 1.54) is 0 Å². The van der Waals surface area contributed by atoms with E-state index in [1.807, 2.05) is 13.0 Å². The van der Waals surface area contributed by atoms with Gasteiger partial charge in [-0.2, -0.15) is 0 Å². The van der Waals surface area contributed by atoms with Gasteiger partial charge in [0.2, 0.25) is 0 Å². The standard InChI is InChI=1S/C12H18O2/c1-4-6-11(13-5-2)12-9-10(3)7-8-14-12/h4,6,9-10H,1,5,7-8H2,2-3H3. The van der Waals surface area contributed by atoms with Crippen molar-refractivity contribution in [3.63, 3.8) is 0 Å². The molecule has 0 aromatic carbocycles. The Morgan fingerprint density at radius 2 is 2.57 bits per heavy atom. The summed E-state index contributed by atoms with van der Waals surface area (Å²) >= 11 is 0. The van der Waals surface area contributed by atoms with Gasteiger partial charge < -0.3 is 9.47 Å². The summed E-state index contributed by atoms with van der Waals surface area (Å²) in [6.07, 6.45) is 6.74. The molecule has 1 aliphatic heterocycles. The fourth-order valence-corrected chi connectivity index (χ4v) is 1.36. The Hall–Kier alpha value is -1.18.